The molecular weight excluding hydrogens is 387 g/mol. The van der Waals surface area contributed by atoms with Crippen molar-refractivity contribution in [3.8, 4) is 10.6 Å². The summed E-state index contributed by atoms with van der Waals surface area (Å²) in [4.78, 5) is 26.4. The minimum atomic E-state index is -0.427. The summed E-state index contributed by atoms with van der Waals surface area (Å²) in [6.45, 7) is 6.09. The highest BCUT2D eigenvalue weighted by Gasteiger charge is 2.11. The molecule has 0 aliphatic heterocycles. The molecule has 0 fully saturated rings. The number of aromatic nitrogens is 1. The molecule has 1 atom stereocenters. The van der Waals surface area contributed by atoms with Gasteiger partial charge in [-0.2, -0.15) is 0 Å². The van der Waals surface area contributed by atoms with Crippen molar-refractivity contribution in [2.24, 2.45) is 5.92 Å². The maximum atomic E-state index is 13.2. The lowest BCUT2D eigenvalue weighted by Crippen LogP contribution is -2.16. The van der Waals surface area contributed by atoms with Crippen LogP contribution in [0.25, 0.3) is 10.6 Å². The van der Waals surface area contributed by atoms with Gasteiger partial charge >= 0.3 is 0 Å². The van der Waals surface area contributed by atoms with Crippen molar-refractivity contribution in [2.45, 2.75) is 46.5 Å². The SMILES string of the molecule is CC[C@@H](C)CCCC(C)=O.CNC(=O)c1cnc(-c2cc(F)cc(Cl)c2)s1. The molecule has 0 saturated heterocycles. The van der Waals surface area contributed by atoms with Crippen LogP contribution in [-0.2, 0) is 4.79 Å². The van der Waals surface area contributed by atoms with Crippen molar-refractivity contribution in [1.29, 1.82) is 0 Å². The van der Waals surface area contributed by atoms with Crippen molar-refractivity contribution in [3.05, 3.63) is 40.1 Å². The minimum Gasteiger partial charge on any atom is -0.354 e. The second-order valence-electron chi connectivity index (χ2n) is 6.37. The third-order valence-electron chi connectivity index (χ3n) is 3.99. The highest BCUT2D eigenvalue weighted by atomic mass is 35.5. The zero-order chi connectivity index (χ0) is 20.4. The van der Waals surface area contributed by atoms with E-state index in [-0.39, 0.29) is 5.91 Å². The third-order valence-corrected chi connectivity index (χ3v) is 5.25. The summed E-state index contributed by atoms with van der Waals surface area (Å²) in [5.74, 6) is 0.475. The summed E-state index contributed by atoms with van der Waals surface area (Å²) in [6.07, 6.45) is 5.74. The molecule has 0 bridgehead atoms. The number of rotatable bonds is 7. The lowest BCUT2D eigenvalue weighted by Gasteiger charge is -2.05. The molecule has 1 aromatic carbocycles. The number of hydrogen-bond donors (Lipinski definition) is 1. The maximum Gasteiger partial charge on any atom is 0.262 e. The molecule has 4 nitrogen and oxygen atoms in total. The Kier molecular flexibility index (Phi) is 10.2. The van der Waals surface area contributed by atoms with Crippen molar-refractivity contribution in [3.63, 3.8) is 0 Å². The molecule has 1 amide bonds. The molecule has 0 radical (unpaired) electrons. The molecular formula is C20H26ClFN2O2S. The van der Waals surface area contributed by atoms with Crippen molar-refractivity contribution in [2.75, 3.05) is 7.05 Å². The predicted molar refractivity (Wildman–Crippen MR) is 110 cm³/mol. The van der Waals surface area contributed by atoms with E-state index in [1.165, 1.54) is 42.5 Å². The van der Waals surface area contributed by atoms with Gasteiger partial charge in [-0.05, 0) is 37.5 Å². The number of ketones is 1. The van der Waals surface area contributed by atoms with E-state index in [2.05, 4.69) is 24.1 Å². The lowest BCUT2D eigenvalue weighted by molar-refractivity contribution is -0.117. The lowest BCUT2D eigenvalue weighted by atomic mass is 10.0. The van der Waals surface area contributed by atoms with E-state index in [4.69, 9.17) is 11.6 Å². The average molecular weight is 413 g/mol. The van der Waals surface area contributed by atoms with Crippen LogP contribution in [0.1, 0.15) is 56.1 Å². The summed E-state index contributed by atoms with van der Waals surface area (Å²) < 4.78 is 13.2. The standard InChI is InChI=1S/C11H8ClFN2OS.C9H18O/c1-14-10(16)9-5-15-11(17-9)6-2-7(12)4-8(13)3-6;1-4-8(2)6-5-7-9(3)10/h2-5H,1H3,(H,14,16);8H,4-7H2,1-3H3/t;8-/m.1/s1. The first kappa shape index (κ1) is 23.2. The van der Waals surface area contributed by atoms with Crippen molar-refractivity contribution in [1.82, 2.24) is 10.3 Å². The van der Waals surface area contributed by atoms with E-state index in [1.807, 2.05) is 0 Å². The monoisotopic (exact) mass is 412 g/mol. The van der Waals surface area contributed by atoms with Gasteiger partial charge in [0, 0.05) is 24.1 Å². The van der Waals surface area contributed by atoms with Crippen molar-refractivity contribution < 1.29 is 14.0 Å². The number of carbonyl (C=O) groups is 2. The van der Waals surface area contributed by atoms with Crippen LogP contribution in [0, 0.1) is 11.7 Å². The Hall–Kier alpha value is -1.79. The Labute approximate surface area is 169 Å². The summed E-state index contributed by atoms with van der Waals surface area (Å²) in [7, 11) is 1.54. The van der Waals surface area contributed by atoms with E-state index in [0.717, 1.165) is 18.8 Å². The number of hydrogen-bond acceptors (Lipinski definition) is 4. The van der Waals surface area contributed by atoms with Crippen molar-refractivity contribution >= 4 is 34.6 Å². The number of benzene rings is 1. The first-order chi connectivity index (χ1) is 12.8. The number of nitrogens with zero attached hydrogens (tertiary/aromatic N) is 1. The van der Waals surface area contributed by atoms with Gasteiger partial charge in [0.15, 0.2) is 0 Å². The molecule has 1 aromatic heterocycles. The number of amides is 1. The Morgan fingerprint density at radius 1 is 1.33 bits per heavy atom. The first-order valence-electron chi connectivity index (χ1n) is 8.90. The van der Waals surface area contributed by atoms with E-state index < -0.39 is 5.82 Å². The van der Waals surface area contributed by atoms with Crippen LogP contribution < -0.4 is 5.32 Å². The van der Waals surface area contributed by atoms with Crippen LogP contribution in [0.5, 0.6) is 0 Å². The first-order valence-corrected chi connectivity index (χ1v) is 10.1. The number of nitrogens with one attached hydrogen (secondary N) is 1. The number of Topliss-reactive ketones (excluding diaryl/α,β-unsaturated/α-hetero) is 1. The minimum absolute atomic E-state index is 0.212. The third kappa shape index (κ3) is 8.63. The van der Waals surface area contributed by atoms with Gasteiger partial charge in [-0.3, -0.25) is 4.79 Å². The number of thiazole rings is 1. The zero-order valence-electron chi connectivity index (χ0n) is 16.1. The molecule has 2 rings (SSSR count). The molecule has 0 spiro atoms. The predicted octanol–water partition coefficient (Wildman–Crippen LogP) is 5.75. The number of carbonyl (C=O) groups excluding carboxylic acids is 2. The van der Waals surface area contributed by atoms with Crippen LogP contribution in [0.3, 0.4) is 0 Å². The molecule has 0 aliphatic carbocycles. The fraction of sp³-hybridized carbons (Fsp3) is 0.450. The van der Waals surface area contributed by atoms with Gasteiger partial charge in [-0.15, -0.1) is 11.3 Å². The fourth-order valence-corrected chi connectivity index (χ4v) is 3.29. The second kappa shape index (κ2) is 11.8. The molecule has 1 heterocycles. The Morgan fingerprint density at radius 3 is 2.59 bits per heavy atom. The Balaban J connectivity index is 0.000000314. The van der Waals surface area contributed by atoms with Gasteiger partial charge in [0.25, 0.3) is 5.91 Å². The molecule has 2 aromatic rings. The molecule has 7 heteroatoms. The topological polar surface area (TPSA) is 59.1 Å². The van der Waals surface area contributed by atoms with Gasteiger partial charge in [0.2, 0.25) is 0 Å². The van der Waals surface area contributed by atoms with Crippen LogP contribution in [0.15, 0.2) is 24.4 Å². The van der Waals surface area contributed by atoms with Gasteiger partial charge in [0.1, 0.15) is 21.5 Å². The molecule has 148 valence electrons. The molecule has 0 aliphatic rings. The van der Waals surface area contributed by atoms with Crippen LogP contribution in [0.2, 0.25) is 5.02 Å². The molecule has 0 unspecified atom stereocenters. The Morgan fingerprint density at radius 2 is 2.04 bits per heavy atom. The Bertz CT molecular complexity index is 744. The molecule has 1 N–H and O–H groups in total. The van der Waals surface area contributed by atoms with E-state index in [1.54, 1.807) is 20.0 Å². The molecule has 0 saturated carbocycles. The average Bonchev–Trinajstić information content (AvgIpc) is 3.10. The fourth-order valence-electron chi connectivity index (χ4n) is 2.22. The second-order valence-corrected chi connectivity index (χ2v) is 7.84. The van der Waals surface area contributed by atoms with Gasteiger partial charge < -0.3 is 10.1 Å². The summed E-state index contributed by atoms with van der Waals surface area (Å²) in [5, 5.41) is 3.36. The molecule has 27 heavy (non-hydrogen) atoms. The maximum absolute atomic E-state index is 13.2. The van der Waals surface area contributed by atoms with Gasteiger partial charge in [0.05, 0.1) is 6.20 Å². The van der Waals surface area contributed by atoms with Gasteiger partial charge in [-0.25, -0.2) is 9.37 Å². The van der Waals surface area contributed by atoms with E-state index in [0.29, 0.717) is 26.3 Å². The van der Waals surface area contributed by atoms with Crippen LogP contribution >= 0.6 is 22.9 Å². The quantitative estimate of drug-likeness (QED) is 0.629. The number of halogens is 2. The van der Waals surface area contributed by atoms with Gasteiger partial charge in [-0.1, -0.05) is 38.3 Å². The summed E-state index contributed by atoms with van der Waals surface area (Å²) in [6, 6.07) is 4.16. The zero-order valence-corrected chi connectivity index (χ0v) is 17.7. The van der Waals surface area contributed by atoms with Crippen LogP contribution in [0.4, 0.5) is 4.39 Å². The highest BCUT2D eigenvalue weighted by molar-refractivity contribution is 7.16. The smallest absolute Gasteiger partial charge is 0.262 e. The highest BCUT2D eigenvalue weighted by Crippen LogP contribution is 2.28. The summed E-state index contributed by atoms with van der Waals surface area (Å²) in [5.41, 5.74) is 0.565. The summed E-state index contributed by atoms with van der Waals surface area (Å²) >= 11 is 6.94. The van der Waals surface area contributed by atoms with E-state index >= 15 is 0 Å². The normalized spacial score (nSPS) is 11.3. The van der Waals surface area contributed by atoms with Crippen LogP contribution in [-0.4, -0.2) is 23.7 Å². The largest absolute Gasteiger partial charge is 0.354 e. The van der Waals surface area contributed by atoms with E-state index in [9.17, 15) is 14.0 Å².